The minimum Gasteiger partial charge on any atom is -0.490 e. The maximum Gasteiger partial charge on any atom is 0.341 e. The average molecular weight is 392 g/mol. The Morgan fingerprint density at radius 2 is 2.07 bits per heavy atom. The maximum absolute atomic E-state index is 13.2. The highest BCUT2D eigenvalue weighted by Gasteiger charge is 2.42. The van der Waals surface area contributed by atoms with E-state index < -0.39 is 11.6 Å². The molecule has 0 saturated heterocycles. The summed E-state index contributed by atoms with van der Waals surface area (Å²) in [5, 5.41) is 2.95. The predicted molar refractivity (Wildman–Crippen MR) is 109 cm³/mol. The van der Waals surface area contributed by atoms with Crippen LogP contribution in [0, 0.1) is 5.92 Å². The zero-order valence-electron chi connectivity index (χ0n) is 17.7. The lowest BCUT2D eigenvalue weighted by atomic mass is 9.78. The van der Waals surface area contributed by atoms with E-state index in [-0.39, 0.29) is 17.6 Å². The van der Waals surface area contributed by atoms with Gasteiger partial charge in [-0.05, 0) is 63.6 Å². The van der Waals surface area contributed by atoms with Crippen LogP contribution in [0.2, 0.25) is 0 Å². The molecule has 156 valence electrons. The molecule has 0 aromatic heterocycles. The summed E-state index contributed by atoms with van der Waals surface area (Å²) in [6, 6.07) is 5.02. The Kier molecular flexibility index (Phi) is 7.87. The van der Waals surface area contributed by atoms with Gasteiger partial charge < -0.3 is 19.5 Å². The molecule has 1 N–H and O–H groups in total. The third-order valence-corrected chi connectivity index (χ3v) is 4.96. The van der Waals surface area contributed by atoms with Crippen LogP contribution in [0.15, 0.2) is 18.2 Å². The summed E-state index contributed by atoms with van der Waals surface area (Å²) in [4.78, 5) is 25.3. The van der Waals surface area contributed by atoms with E-state index in [1.165, 1.54) is 7.11 Å². The number of ether oxygens (including phenoxy) is 3. The molecule has 6 nitrogen and oxygen atoms in total. The Morgan fingerprint density at radius 1 is 1.32 bits per heavy atom. The number of amides is 1. The zero-order valence-corrected chi connectivity index (χ0v) is 17.7. The van der Waals surface area contributed by atoms with Gasteiger partial charge >= 0.3 is 5.97 Å². The summed E-state index contributed by atoms with van der Waals surface area (Å²) >= 11 is 0. The van der Waals surface area contributed by atoms with E-state index in [0.717, 1.165) is 19.3 Å². The Morgan fingerprint density at radius 3 is 2.68 bits per heavy atom. The van der Waals surface area contributed by atoms with Crippen molar-refractivity contribution in [3.8, 4) is 5.75 Å². The molecule has 28 heavy (non-hydrogen) atoms. The van der Waals surface area contributed by atoms with Crippen molar-refractivity contribution in [2.24, 2.45) is 5.92 Å². The van der Waals surface area contributed by atoms with Crippen LogP contribution in [0.1, 0.15) is 70.2 Å². The fourth-order valence-corrected chi connectivity index (χ4v) is 3.68. The first-order valence-electron chi connectivity index (χ1n) is 10.2. The fraction of sp³-hybridized carbons (Fsp3) is 0.636. The molecular weight excluding hydrogens is 358 g/mol. The molecule has 0 radical (unpaired) electrons. The largest absolute Gasteiger partial charge is 0.490 e. The number of hydrogen-bond donors (Lipinski definition) is 1. The predicted octanol–water partition coefficient (Wildman–Crippen LogP) is 4.57. The highest BCUT2D eigenvalue weighted by molar-refractivity contribution is 5.99. The molecule has 2 unspecified atom stereocenters. The van der Waals surface area contributed by atoms with Gasteiger partial charge in [-0.15, -0.1) is 0 Å². The van der Waals surface area contributed by atoms with Crippen LogP contribution in [-0.2, 0) is 14.3 Å². The van der Waals surface area contributed by atoms with Crippen molar-refractivity contribution in [1.82, 2.24) is 0 Å². The molecule has 1 aromatic carbocycles. The first-order valence-corrected chi connectivity index (χ1v) is 10.2. The van der Waals surface area contributed by atoms with Gasteiger partial charge in [-0.3, -0.25) is 4.79 Å². The van der Waals surface area contributed by atoms with Crippen LogP contribution < -0.4 is 10.1 Å². The van der Waals surface area contributed by atoms with Gasteiger partial charge in [0.05, 0.1) is 13.2 Å². The van der Waals surface area contributed by atoms with E-state index in [1.54, 1.807) is 18.2 Å². The van der Waals surface area contributed by atoms with Crippen molar-refractivity contribution < 1.29 is 23.8 Å². The number of rotatable bonds is 8. The number of esters is 1. The van der Waals surface area contributed by atoms with Crippen molar-refractivity contribution >= 4 is 17.6 Å². The van der Waals surface area contributed by atoms with E-state index >= 15 is 0 Å². The van der Waals surface area contributed by atoms with Crippen LogP contribution in [0.4, 0.5) is 5.69 Å². The van der Waals surface area contributed by atoms with E-state index in [2.05, 4.69) is 12.2 Å². The zero-order chi connectivity index (χ0) is 20.7. The highest BCUT2D eigenvalue weighted by Crippen LogP contribution is 2.36. The first-order chi connectivity index (χ1) is 13.3. The molecule has 1 aliphatic carbocycles. The molecule has 0 bridgehead atoms. The lowest BCUT2D eigenvalue weighted by Crippen LogP contribution is -2.48. The highest BCUT2D eigenvalue weighted by atomic mass is 16.5. The molecule has 0 heterocycles. The summed E-state index contributed by atoms with van der Waals surface area (Å²) in [7, 11) is 1.32. The Hall–Kier alpha value is -2.08. The maximum atomic E-state index is 13.2. The van der Waals surface area contributed by atoms with Crippen molar-refractivity contribution in [2.75, 3.05) is 19.0 Å². The van der Waals surface area contributed by atoms with Crippen LogP contribution >= 0.6 is 0 Å². The summed E-state index contributed by atoms with van der Waals surface area (Å²) in [6.07, 6.45) is 4.26. The molecule has 1 aliphatic rings. The normalized spacial score (nSPS) is 22.0. The van der Waals surface area contributed by atoms with Crippen LogP contribution in [0.5, 0.6) is 5.75 Å². The van der Waals surface area contributed by atoms with Crippen LogP contribution in [0.3, 0.4) is 0 Å². The van der Waals surface area contributed by atoms with Gasteiger partial charge in [0.15, 0.2) is 0 Å². The first kappa shape index (κ1) is 22.2. The molecule has 2 atom stereocenters. The Bertz CT molecular complexity index is 688. The second-order valence-electron chi connectivity index (χ2n) is 7.87. The third kappa shape index (κ3) is 5.47. The lowest BCUT2D eigenvalue weighted by molar-refractivity contribution is -0.148. The number of methoxy groups -OCH3 is 1. The van der Waals surface area contributed by atoms with Crippen LogP contribution in [-0.4, -0.2) is 37.3 Å². The average Bonchev–Trinajstić information content (AvgIpc) is 2.66. The van der Waals surface area contributed by atoms with Gasteiger partial charge in [-0.1, -0.05) is 20.3 Å². The Labute approximate surface area is 167 Å². The van der Waals surface area contributed by atoms with Crippen molar-refractivity contribution in [3.05, 3.63) is 23.8 Å². The SMILES string of the molecule is CCCOC1(C(=O)Nc2ccc(OC(C)C)c(C(=O)OC)c2)CCCC(C)C1. The number of anilines is 1. The summed E-state index contributed by atoms with van der Waals surface area (Å²) in [5.41, 5.74) is 0.000368. The van der Waals surface area contributed by atoms with Gasteiger partial charge in [0.2, 0.25) is 0 Å². The van der Waals surface area contributed by atoms with Gasteiger partial charge in [-0.2, -0.15) is 0 Å². The molecule has 1 amide bonds. The standard InChI is InChI=1S/C22H33NO5/c1-6-12-27-22(11-7-8-16(4)14-22)21(25)23-17-9-10-19(28-15(2)3)18(13-17)20(24)26-5/h9-10,13,15-16H,6-8,11-12,14H2,1-5H3,(H,23,25). The second-order valence-corrected chi connectivity index (χ2v) is 7.87. The number of carbonyl (C=O) groups excluding carboxylic acids is 2. The lowest BCUT2D eigenvalue weighted by Gasteiger charge is -2.38. The fourth-order valence-electron chi connectivity index (χ4n) is 3.68. The van der Waals surface area contributed by atoms with Crippen molar-refractivity contribution in [3.63, 3.8) is 0 Å². The molecular formula is C22H33NO5. The Balaban J connectivity index is 2.26. The van der Waals surface area contributed by atoms with E-state index in [4.69, 9.17) is 14.2 Å². The van der Waals surface area contributed by atoms with E-state index in [9.17, 15) is 9.59 Å². The second kappa shape index (κ2) is 9.92. The topological polar surface area (TPSA) is 73.9 Å². The molecule has 2 rings (SSSR count). The van der Waals surface area contributed by atoms with Gasteiger partial charge in [0.1, 0.15) is 16.9 Å². The minimum atomic E-state index is -0.813. The number of benzene rings is 1. The summed E-state index contributed by atoms with van der Waals surface area (Å²) < 4.78 is 16.6. The third-order valence-electron chi connectivity index (χ3n) is 4.96. The quantitative estimate of drug-likeness (QED) is 0.657. The molecule has 1 fully saturated rings. The summed E-state index contributed by atoms with van der Waals surface area (Å²) in [5.74, 6) is 0.211. The van der Waals surface area contributed by atoms with Crippen molar-refractivity contribution in [1.29, 1.82) is 0 Å². The van der Waals surface area contributed by atoms with Gasteiger partial charge in [-0.25, -0.2) is 4.79 Å². The molecule has 0 spiro atoms. The van der Waals surface area contributed by atoms with Gasteiger partial charge in [0, 0.05) is 12.3 Å². The number of hydrogen-bond acceptors (Lipinski definition) is 5. The molecule has 1 saturated carbocycles. The molecule has 1 aromatic rings. The van der Waals surface area contributed by atoms with Crippen molar-refractivity contribution in [2.45, 2.75) is 71.5 Å². The van der Waals surface area contributed by atoms with E-state index in [1.807, 2.05) is 20.8 Å². The smallest absolute Gasteiger partial charge is 0.341 e. The molecule has 6 heteroatoms. The minimum absolute atomic E-state index is 0.0849. The monoisotopic (exact) mass is 391 g/mol. The number of nitrogens with one attached hydrogen (secondary N) is 1. The van der Waals surface area contributed by atoms with Gasteiger partial charge in [0.25, 0.3) is 5.91 Å². The summed E-state index contributed by atoms with van der Waals surface area (Å²) in [6.45, 7) is 8.51. The van der Waals surface area contributed by atoms with E-state index in [0.29, 0.717) is 36.8 Å². The molecule has 0 aliphatic heterocycles. The van der Waals surface area contributed by atoms with Crippen LogP contribution in [0.25, 0.3) is 0 Å². The number of carbonyl (C=O) groups is 2.